The lowest BCUT2D eigenvalue weighted by atomic mass is 10.1. The van der Waals surface area contributed by atoms with Crippen LogP contribution >= 0.6 is 11.6 Å². The van der Waals surface area contributed by atoms with Crippen molar-refractivity contribution in [3.63, 3.8) is 0 Å². The van der Waals surface area contributed by atoms with Crippen LogP contribution in [0.25, 0.3) is 0 Å². The zero-order valence-electron chi connectivity index (χ0n) is 10.3. The lowest BCUT2D eigenvalue weighted by Gasteiger charge is -2.11. The maximum atomic E-state index is 13.7. The summed E-state index contributed by atoms with van der Waals surface area (Å²) in [6.45, 7) is 3.51. The minimum atomic E-state index is -0.517. The molecular weight excluding hydrogens is 267 g/mol. The fraction of sp³-hybridized carbons (Fsp3) is 0.154. The summed E-state index contributed by atoms with van der Waals surface area (Å²) >= 11 is 5.91. The molecule has 0 aliphatic heterocycles. The quantitative estimate of drug-likeness (QED) is 0.912. The molecule has 0 fully saturated rings. The number of nitrogens with one attached hydrogen (secondary N) is 1. The molecule has 1 N–H and O–H groups in total. The molecule has 19 heavy (non-hydrogen) atoms. The Balaban J connectivity index is 2.51. The van der Waals surface area contributed by atoms with E-state index < -0.39 is 5.82 Å². The summed E-state index contributed by atoms with van der Waals surface area (Å²) in [5.41, 5.74) is 1.76. The van der Waals surface area contributed by atoms with E-state index in [4.69, 9.17) is 16.9 Å². The third-order valence-electron chi connectivity index (χ3n) is 2.77. The molecule has 1 heterocycles. The highest BCUT2D eigenvalue weighted by Gasteiger charge is 2.14. The van der Waals surface area contributed by atoms with Gasteiger partial charge in [-0.25, -0.2) is 4.39 Å². The highest BCUT2D eigenvalue weighted by Crippen LogP contribution is 2.29. The number of aromatic nitrogens is 2. The summed E-state index contributed by atoms with van der Waals surface area (Å²) in [5.74, 6) is -0.325. The number of nitrogens with zero attached hydrogens (tertiary/aromatic N) is 3. The molecule has 0 saturated heterocycles. The zero-order chi connectivity index (χ0) is 14.0. The van der Waals surface area contributed by atoms with Crippen LogP contribution < -0.4 is 5.32 Å². The van der Waals surface area contributed by atoms with Crippen molar-refractivity contribution in [2.24, 2.45) is 0 Å². The van der Waals surface area contributed by atoms with Gasteiger partial charge in [0.15, 0.2) is 5.82 Å². The number of anilines is 2. The van der Waals surface area contributed by atoms with Crippen LogP contribution in [-0.2, 0) is 0 Å². The van der Waals surface area contributed by atoms with Gasteiger partial charge in [0.25, 0.3) is 0 Å². The van der Waals surface area contributed by atoms with Crippen LogP contribution in [-0.4, -0.2) is 10.2 Å². The van der Waals surface area contributed by atoms with Crippen LogP contribution in [0, 0.1) is 31.0 Å². The fourth-order valence-corrected chi connectivity index (χ4v) is 1.78. The number of rotatable bonds is 2. The van der Waals surface area contributed by atoms with E-state index in [1.807, 2.05) is 6.07 Å². The van der Waals surface area contributed by atoms with Gasteiger partial charge in [-0.1, -0.05) is 17.7 Å². The Hall–Kier alpha value is -2.19. The van der Waals surface area contributed by atoms with Crippen LogP contribution in [0.3, 0.4) is 0 Å². The Kier molecular flexibility index (Phi) is 3.63. The molecule has 0 aliphatic carbocycles. The molecule has 0 saturated carbocycles. The molecule has 0 radical (unpaired) electrons. The van der Waals surface area contributed by atoms with Gasteiger partial charge < -0.3 is 5.32 Å². The van der Waals surface area contributed by atoms with Gasteiger partial charge in [-0.15, -0.1) is 5.10 Å². The number of hydrogen-bond donors (Lipinski definition) is 1. The second kappa shape index (κ2) is 5.21. The summed E-state index contributed by atoms with van der Waals surface area (Å²) in [5, 5.41) is 19.9. The molecule has 0 amide bonds. The van der Waals surface area contributed by atoms with Crippen molar-refractivity contribution in [1.82, 2.24) is 10.2 Å². The first-order valence-corrected chi connectivity index (χ1v) is 5.87. The van der Waals surface area contributed by atoms with Gasteiger partial charge in [-0.05, 0) is 31.5 Å². The highest BCUT2D eigenvalue weighted by atomic mass is 35.5. The van der Waals surface area contributed by atoms with E-state index in [1.165, 1.54) is 12.1 Å². The largest absolute Gasteiger partial charge is 0.334 e. The molecule has 1 aromatic heterocycles. The van der Waals surface area contributed by atoms with Gasteiger partial charge in [0.1, 0.15) is 17.4 Å². The summed E-state index contributed by atoms with van der Waals surface area (Å²) in [6.07, 6.45) is 0. The number of hydrogen-bond acceptors (Lipinski definition) is 4. The Morgan fingerprint density at radius 3 is 2.68 bits per heavy atom. The van der Waals surface area contributed by atoms with E-state index in [0.29, 0.717) is 16.8 Å². The zero-order valence-corrected chi connectivity index (χ0v) is 11.1. The van der Waals surface area contributed by atoms with E-state index in [2.05, 4.69) is 15.5 Å². The maximum Gasteiger partial charge on any atom is 0.171 e. The number of aryl methyl sites for hydroxylation is 1. The molecular formula is C13H10ClFN4. The van der Waals surface area contributed by atoms with E-state index in [9.17, 15) is 4.39 Å². The maximum absolute atomic E-state index is 13.7. The predicted octanol–water partition coefficient (Wildman–Crippen LogP) is 3.50. The molecule has 6 heteroatoms. The topological polar surface area (TPSA) is 61.6 Å². The van der Waals surface area contributed by atoms with Crippen molar-refractivity contribution in [1.29, 1.82) is 5.26 Å². The SMILES string of the molecule is Cc1nnc(Nc2c(F)cccc2Cl)c(C#N)c1C. The second-order valence-corrected chi connectivity index (χ2v) is 4.37. The van der Waals surface area contributed by atoms with E-state index in [-0.39, 0.29) is 16.5 Å². The molecule has 96 valence electrons. The lowest BCUT2D eigenvalue weighted by molar-refractivity contribution is 0.632. The summed E-state index contributed by atoms with van der Waals surface area (Å²) in [4.78, 5) is 0. The standard InChI is InChI=1S/C13H10ClFN4/c1-7-8(2)18-19-13(9(7)6-16)17-12-10(14)4-3-5-11(12)15/h3-5H,1-2H3,(H,17,19). The molecule has 0 spiro atoms. The van der Waals surface area contributed by atoms with Crippen molar-refractivity contribution in [3.05, 3.63) is 45.9 Å². The van der Waals surface area contributed by atoms with Crippen LogP contribution in [0.15, 0.2) is 18.2 Å². The summed E-state index contributed by atoms with van der Waals surface area (Å²) in [7, 11) is 0. The van der Waals surface area contributed by atoms with Gasteiger partial charge >= 0.3 is 0 Å². The van der Waals surface area contributed by atoms with Crippen LogP contribution in [0.5, 0.6) is 0 Å². The number of halogens is 2. The molecule has 0 unspecified atom stereocenters. The highest BCUT2D eigenvalue weighted by molar-refractivity contribution is 6.33. The smallest absolute Gasteiger partial charge is 0.171 e. The molecule has 2 aromatic rings. The van der Waals surface area contributed by atoms with Crippen LogP contribution in [0.2, 0.25) is 5.02 Å². The van der Waals surface area contributed by atoms with Crippen molar-refractivity contribution in [2.75, 3.05) is 5.32 Å². The first-order valence-electron chi connectivity index (χ1n) is 5.49. The second-order valence-electron chi connectivity index (χ2n) is 3.97. The Bertz CT molecular complexity index is 659. The predicted molar refractivity (Wildman–Crippen MR) is 70.9 cm³/mol. The van der Waals surface area contributed by atoms with Gasteiger partial charge in [-0.2, -0.15) is 10.4 Å². The summed E-state index contributed by atoms with van der Waals surface area (Å²) in [6, 6.07) is 6.36. The molecule has 0 aliphatic rings. The average Bonchev–Trinajstić information content (AvgIpc) is 2.38. The van der Waals surface area contributed by atoms with Crippen molar-refractivity contribution < 1.29 is 4.39 Å². The normalized spacial score (nSPS) is 10.1. The third kappa shape index (κ3) is 2.49. The number of benzene rings is 1. The minimum Gasteiger partial charge on any atom is -0.334 e. The number of nitriles is 1. The molecule has 1 aromatic carbocycles. The Morgan fingerprint density at radius 1 is 1.32 bits per heavy atom. The van der Waals surface area contributed by atoms with E-state index in [0.717, 1.165) is 0 Å². The first kappa shape index (κ1) is 13.2. The van der Waals surface area contributed by atoms with Crippen molar-refractivity contribution >= 4 is 23.1 Å². The van der Waals surface area contributed by atoms with E-state index >= 15 is 0 Å². The Labute approximate surface area is 114 Å². The summed E-state index contributed by atoms with van der Waals surface area (Å²) < 4.78 is 13.7. The Morgan fingerprint density at radius 2 is 2.05 bits per heavy atom. The molecule has 2 rings (SSSR count). The van der Waals surface area contributed by atoms with Crippen LogP contribution in [0.4, 0.5) is 15.9 Å². The molecule has 0 atom stereocenters. The van der Waals surface area contributed by atoms with Crippen molar-refractivity contribution in [2.45, 2.75) is 13.8 Å². The lowest BCUT2D eigenvalue weighted by Crippen LogP contribution is -2.05. The van der Waals surface area contributed by atoms with Gasteiger partial charge in [0, 0.05) is 0 Å². The molecule has 4 nitrogen and oxygen atoms in total. The minimum absolute atomic E-state index is 0.0817. The van der Waals surface area contributed by atoms with Crippen molar-refractivity contribution in [3.8, 4) is 6.07 Å². The van der Waals surface area contributed by atoms with Gasteiger partial charge in [0.05, 0.1) is 16.4 Å². The first-order chi connectivity index (χ1) is 9.04. The van der Waals surface area contributed by atoms with Gasteiger partial charge in [0.2, 0.25) is 0 Å². The third-order valence-corrected chi connectivity index (χ3v) is 3.09. The van der Waals surface area contributed by atoms with Crippen LogP contribution in [0.1, 0.15) is 16.8 Å². The molecule has 0 bridgehead atoms. The van der Waals surface area contributed by atoms with E-state index in [1.54, 1.807) is 19.9 Å². The number of para-hydroxylation sites is 1. The fourth-order valence-electron chi connectivity index (χ4n) is 1.57. The average molecular weight is 277 g/mol. The monoisotopic (exact) mass is 276 g/mol. The van der Waals surface area contributed by atoms with Gasteiger partial charge in [-0.3, -0.25) is 0 Å².